The molecule has 1 atom stereocenters. The van der Waals surface area contributed by atoms with E-state index in [9.17, 15) is 9.59 Å². The van der Waals surface area contributed by atoms with E-state index < -0.39 is 6.04 Å². The predicted octanol–water partition coefficient (Wildman–Crippen LogP) is 5.08. The van der Waals surface area contributed by atoms with Gasteiger partial charge in [0.1, 0.15) is 0 Å². The van der Waals surface area contributed by atoms with Crippen LogP contribution in [0, 0.1) is 0 Å². The van der Waals surface area contributed by atoms with Gasteiger partial charge in [0.25, 0.3) is 5.91 Å². The number of carbonyl (C=O) groups excluding carboxylic acids is 2. The Morgan fingerprint density at radius 1 is 1.03 bits per heavy atom. The largest absolute Gasteiger partial charge is 0.493 e. The van der Waals surface area contributed by atoms with Gasteiger partial charge in [-0.15, -0.1) is 0 Å². The van der Waals surface area contributed by atoms with E-state index in [4.69, 9.17) is 21.1 Å². The molecule has 1 aliphatic rings. The SMILES string of the molecule is COc1ccc([C@@H](CC(=O)Nc2ccc(Cl)cc2)N2Cc3ccccc3C2=O)cc1OC. The number of amides is 2. The van der Waals surface area contributed by atoms with E-state index in [0.29, 0.717) is 34.3 Å². The van der Waals surface area contributed by atoms with Crippen molar-refractivity contribution in [2.75, 3.05) is 19.5 Å². The maximum Gasteiger partial charge on any atom is 0.255 e. The minimum absolute atomic E-state index is 0.0812. The maximum absolute atomic E-state index is 13.2. The number of halogens is 1. The van der Waals surface area contributed by atoms with Gasteiger partial charge in [0, 0.05) is 22.8 Å². The summed E-state index contributed by atoms with van der Waals surface area (Å²) in [6.45, 7) is 0.433. The van der Waals surface area contributed by atoms with E-state index in [-0.39, 0.29) is 18.2 Å². The quantitative estimate of drug-likeness (QED) is 0.544. The first-order chi connectivity index (χ1) is 15.5. The van der Waals surface area contributed by atoms with Crippen LogP contribution in [0.2, 0.25) is 5.02 Å². The molecule has 0 saturated heterocycles. The van der Waals surface area contributed by atoms with Crippen LogP contribution in [0.4, 0.5) is 5.69 Å². The van der Waals surface area contributed by atoms with Crippen LogP contribution in [0.5, 0.6) is 11.5 Å². The number of ether oxygens (including phenoxy) is 2. The lowest BCUT2D eigenvalue weighted by molar-refractivity contribution is -0.117. The fourth-order valence-corrected chi connectivity index (χ4v) is 4.04. The zero-order valence-corrected chi connectivity index (χ0v) is 18.6. The van der Waals surface area contributed by atoms with Gasteiger partial charge in [-0.05, 0) is 53.6 Å². The van der Waals surface area contributed by atoms with Crippen molar-refractivity contribution in [1.82, 2.24) is 4.90 Å². The lowest BCUT2D eigenvalue weighted by Gasteiger charge is -2.28. The first-order valence-electron chi connectivity index (χ1n) is 10.2. The molecule has 32 heavy (non-hydrogen) atoms. The van der Waals surface area contributed by atoms with Crippen molar-refractivity contribution in [3.05, 3.63) is 88.4 Å². The highest BCUT2D eigenvalue weighted by molar-refractivity contribution is 6.30. The van der Waals surface area contributed by atoms with Gasteiger partial charge in [0.15, 0.2) is 11.5 Å². The summed E-state index contributed by atoms with van der Waals surface area (Å²) in [7, 11) is 3.12. The summed E-state index contributed by atoms with van der Waals surface area (Å²) in [4.78, 5) is 27.9. The third-order valence-corrected chi connectivity index (χ3v) is 5.78. The topological polar surface area (TPSA) is 67.9 Å². The molecule has 0 saturated carbocycles. The molecule has 0 bridgehead atoms. The molecule has 1 heterocycles. The van der Waals surface area contributed by atoms with Crippen LogP contribution in [0.1, 0.15) is 33.9 Å². The second kappa shape index (κ2) is 9.32. The van der Waals surface area contributed by atoms with Gasteiger partial charge in [0.05, 0.1) is 26.7 Å². The van der Waals surface area contributed by atoms with Crippen molar-refractivity contribution < 1.29 is 19.1 Å². The van der Waals surface area contributed by atoms with Crippen LogP contribution >= 0.6 is 11.6 Å². The molecule has 3 aromatic carbocycles. The molecule has 1 N–H and O–H groups in total. The summed E-state index contributed by atoms with van der Waals surface area (Å²) in [5.74, 6) is 0.810. The van der Waals surface area contributed by atoms with Crippen LogP contribution in [-0.4, -0.2) is 30.9 Å². The Morgan fingerprint density at radius 3 is 2.44 bits per heavy atom. The van der Waals surface area contributed by atoms with E-state index in [1.807, 2.05) is 36.4 Å². The number of fused-ring (bicyclic) bond motifs is 1. The summed E-state index contributed by atoms with van der Waals surface area (Å²) < 4.78 is 10.8. The summed E-state index contributed by atoms with van der Waals surface area (Å²) in [5.41, 5.74) is 3.04. The van der Waals surface area contributed by atoms with Crippen LogP contribution < -0.4 is 14.8 Å². The van der Waals surface area contributed by atoms with E-state index in [2.05, 4.69) is 5.32 Å². The average Bonchev–Trinajstić information content (AvgIpc) is 3.15. The lowest BCUT2D eigenvalue weighted by Crippen LogP contribution is -2.32. The summed E-state index contributed by atoms with van der Waals surface area (Å²) in [6, 6.07) is 19.4. The Bertz CT molecular complexity index is 1150. The molecule has 2 amide bonds. The first kappa shape index (κ1) is 21.7. The van der Waals surface area contributed by atoms with Gasteiger partial charge >= 0.3 is 0 Å². The Balaban J connectivity index is 1.65. The van der Waals surface area contributed by atoms with Crippen LogP contribution in [-0.2, 0) is 11.3 Å². The number of benzene rings is 3. The molecule has 0 unspecified atom stereocenters. The average molecular weight is 451 g/mol. The Labute approximate surface area is 191 Å². The van der Waals surface area contributed by atoms with Gasteiger partial charge < -0.3 is 19.7 Å². The fraction of sp³-hybridized carbons (Fsp3) is 0.200. The zero-order chi connectivity index (χ0) is 22.7. The van der Waals surface area contributed by atoms with Crippen molar-refractivity contribution in [3.8, 4) is 11.5 Å². The normalized spacial score (nSPS) is 13.5. The molecule has 0 fully saturated rings. The fourth-order valence-electron chi connectivity index (χ4n) is 3.92. The number of methoxy groups -OCH3 is 2. The van der Waals surface area contributed by atoms with E-state index in [1.54, 1.807) is 49.5 Å². The Kier molecular flexibility index (Phi) is 6.32. The highest BCUT2D eigenvalue weighted by atomic mass is 35.5. The molecule has 0 spiro atoms. The minimum atomic E-state index is -0.484. The number of rotatable bonds is 7. The number of nitrogens with zero attached hydrogens (tertiary/aromatic N) is 1. The third kappa shape index (κ3) is 4.41. The van der Waals surface area contributed by atoms with Crippen LogP contribution in [0.15, 0.2) is 66.7 Å². The van der Waals surface area contributed by atoms with Gasteiger partial charge in [-0.1, -0.05) is 35.9 Å². The number of anilines is 1. The number of carbonyl (C=O) groups is 2. The monoisotopic (exact) mass is 450 g/mol. The highest BCUT2D eigenvalue weighted by Crippen LogP contribution is 2.37. The maximum atomic E-state index is 13.2. The van der Waals surface area contributed by atoms with Gasteiger partial charge in [-0.2, -0.15) is 0 Å². The lowest BCUT2D eigenvalue weighted by atomic mass is 10.0. The molecule has 1 aliphatic heterocycles. The van der Waals surface area contributed by atoms with Gasteiger partial charge in [-0.3, -0.25) is 9.59 Å². The smallest absolute Gasteiger partial charge is 0.255 e. The molecule has 0 aromatic heterocycles. The first-order valence-corrected chi connectivity index (χ1v) is 10.5. The third-order valence-electron chi connectivity index (χ3n) is 5.52. The Hall–Kier alpha value is -3.51. The molecule has 0 aliphatic carbocycles. The molecular formula is C25H23ClN2O4. The molecule has 3 aromatic rings. The molecule has 6 nitrogen and oxygen atoms in total. The van der Waals surface area contributed by atoms with Gasteiger partial charge in [0.2, 0.25) is 5.91 Å². The van der Waals surface area contributed by atoms with Crippen molar-refractivity contribution in [3.63, 3.8) is 0 Å². The van der Waals surface area contributed by atoms with Crippen molar-refractivity contribution >= 4 is 29.1 Å². The summed E-state index contributed by atoms with van der Waals surface area (Å²) in [5, 5.41) is 3.48. The second-order valence-electron chi connectivity index (χ2n) is 7.48. The standard InChI is InChI=1S/C25H23ClN2O4/c1-31-22-12-7-16(13-23(22)32-2)21(14-24(29)27-19-10-8-18(26)9-11-19)28-15-17-5-3-4-6-20(17)25(28)30/h3-13,21H,14-15H2,1-2H3,(H,27,29)/t21-/m1/s1. The van der Waals surface area contributed by atoms with Crippen molar-refractivity contribution in [2.45, 2.75) is 19.0 Å². The predicted molar refractivity (Wildman–Crippen MR) is 123 cm³/mol. The summed E-state index contributed by atoms with van der Waals surface area (Å²) in [6.07, 6.45) is 0.0812. The zero-order valence-electron chi connectivity index (χ0n) is 17.8. The van der Waals surface area contributed by atoms with Crippen LogP contribution in [0.25, 0.3) is 0 Å². The molecule has 7 heteroatoms. The van der Waals surface area contributed by atoms with Crippen molar-refractivity contribution in [1.29, 1.82) is 0 Å². The molecule has 0 radical (unpaired) electrons. The molecular weight excluding hydrogens is 428 g/mol. The number of hydrogen-bond donors (Lipinski definition) is 1. The summed E-state index contributed by atoms with van der Waals surface area (Å²) >= 11 is 5.93. The van der Waals surface area contributed by atoms with E-state index >= 15 is 0 Å². The second-order valence-corrected chi connectivity index (χ2v) is 7.92. The Morgan fingerprint density at radius 2 is 1.75 bits per heavy atom. The highest BCUT2D eigenvalue weighted by Gasteiger charge is 2.34. The van der Waals surface area contributed by atoms with E-state index in [0.717, 1.165) is 11.1 Å². The van der Waals surface area contributed by atoms with Gasteiger partial charge in [-0.25, -0.2) is 0 Å². The van der Waals surface area contributed by atoms with Crippen molar-refractivity contribution in [2.24, 2.45) is 0 Å². The number of hydrogen-bond acceptors (Lipinski definition) is 4. The molecule has 4 rings (SSSR count). The van der Waals surface area contributed by atoms with Crippen LogP contribution in [0.3, 0.4) is 0 Å². The minimum Gasteiger partial charge on any atom is -0.493 e. The van der Waals surface area contributed by atoms with E-state index in [1.165, 1.54) is 0 Å². The number of nitrogens with one attached hydrogen (secondary N) is 1. The molecule has 164 valence electrons.